The van der Waals surface area contributed by atoms with E-state index in [4.69, 9.17) is 24.1 Å². The van der Waals surface area contributed by atoms with Crippen LogP contribution in [0, 0.1) is 3.57 Å². The van der Waals surface area contributed by atoms with Crippen molar-refractivity contribution >= 4 is 28.5 Å². The van der Waals surface area contributed by atoms with Gasteiger partial charge in [0.05, 0.1) is 6.61 Å². The first-order valence-corrected chi connectivity index (χ1v) is 13.9. The Balaban J connectivity index is 1.21. The topological polar surface area (TPSA) is 80.7 Å². The minimum Gasteiger partial charge on any atom is -0.459 e. The zero-order valence-electron chi connectivity index (χ0n) is 20.8. The first-order chi connectivity index (χ1) is 18.1. The SMILES string of the molecule is O=C(C1=C[C@H](c2ccc(I)cc2)C[C@H](OCCCCO)O1)N1CCN(Cc2ccc3c(c2)OCO3)CC1. The van der Waals surface area contributed by atoms with E-state index in [1.165, 1.54) is 9.13 Å². The number of fused-ring (bicyclic) bond motifs is 1. The summed E-state index contributed by atoms with van der Waals surface area (Å²) in [4.78, 5) is 17.7. The van der Waals surface area contributed by atoms with Crippen LogP contribution in [0.3, 0.4) is 0 Å². The van der Waals surface area contributed by atoms with Crippen molar-refractivity contribution in [2.45, 2.75) is 38.0 Å². The van der Waals surface area contributed by atoms with Crippen LogP contribution in [0.4, 0.5) is 0 Å². The van der Waals surface area contributed by atoms with Crippen molar-refractivity contribution in [2.75, 3.05) is 46.2 Å². The Morgan fingerprint density at radius 1 is 1.03 bits per heavy atom. The molecule has 0 radical (unpaired) electrons. The van der Waals surface area contributed by atoms with Crippen molar-refractivity contribution in [3.63, 3.8) is 0 Å². The van der Waals surface area contributed by atoms with Crippen molar-refractivity contribution in [3.8, 4) is 11.5 Å². The van der Waals surface area contributed by atoms with Crippen LogP contribution < -0.4 is 9.47 Å². The summed E-state index contributed by atoms with van der Waals surface area (Å²) in [6, 6.07) is 14.4. The number of piperazine rings is 1. The first-order valence-electron chi connectivity index (χ1n) is 12.9. The summed E-state index contributed by atoms with van der Waals surface area (Å²) >= 11 is 2.30. The van der Waals surface area contributed by atoms with Crippen LogP contribution in [-0.4, -0.2) is 73.3 Å². The number of ether oxygens (including phenoxy) is 4. The minimum absolute atomic E-state index is 0.0415. The molecule has 0 aromatic heterocycles. The first kappa shape index (κ1) is 26.3. The summed E-state index contributed by atoms with van der Waals surface area (Å²) in [5.41, 5.74) is 2.32. The zero-order valence-corrected chi connectivity index (χ0v) is 23.0. The predicted molar refractivity (Wildman–Crippen MR) is 146 cm³/mol. The number of aliphatic hydroxyl groups is 1. The van der Waals surface area contributed by atoms with Crippen molar-refractivity contribution in [1.29, 1.82) is 0 Å². The highest BCUT2D eigenvalue weighted by Crippen LogP contribution is 2.34. The molecule has 1 saturated heterocycles. The maximum atomic E-state index is 13.5. The smallest absolute Gasteiger partial charge is 0.288 e. The summed E-state index contributed by atoms with van der Waals surface area (Å²) in [7, 11) is 0. The highest BCUT2D eigenvalue weighted by Gasteiger charge is 2.32. The van der Waals surface area contributed by atoms with Gasteiger partial charge in [0.1, 0.15) is 0 Å². The second-order valence-corrected chi connectivity index (χ2v) is 10.8. The fourth-order valence-electron chi connectivity index (χ4n) is 4.84. The molecule has 3 heterocycles. The number of rotatable bonds is 9. The average molecular weight is 620 g/mol. The Hall–Kier alpha value is -2.34. The molecule has 9 heteroatoms. The summed E-state index contributed by atoms with van der Waals surface area (Å²) in [6.45, 7) is 4.56. The standard InChI is InChI=1S/C28H33IN2O6/c29-23-6-4-21(5-7-23)22-16-26(37-27(17-22)34-14-2-1-13-32)28(33)31-11-9-30(10-12-31)18-20-3-8-24-25(15-20)36-19-35-24/h3-8,15-16,22,27,32H,1-2,9-14,17-19H2/t22-,27+/m0/s1. The highest BCUT2D eigenvalue weighted by molar-refractivity contribution is 14.1. The number of carbonyl (C=O) groups excluding carboxylic acids is 1. The largest absolute Gasteiger partial charge is 0.459 e. The van der Waals surface area contributed by atoms with Crippen LogP contribution in [0.1, 0.15) is 36.3 Å². The van der Waals surface area contributed by atoms with Crippen LogP contribution in [-0.2, 0) is 20.8 Å². The minimum atomic E-state index is -0.487. The fourth-order valence-corrected chi connectivity index (χ4v) is 5.20. The van der Waals surface area contributed by atoms with Crippen LogP contribution in [0.2, 0.25) is 0 Å². The molecule has 2 atom stereocenters. The van der Waals surface area contributed by atoms with E-state index in [2.05, 4.69) is 57.8 Å². The van der Waals surface area contributed by atoms with Gasteiger partial charge in [0.2, 0.25) is 13.1 Å². The van der Waals surface area contributed by atoms with Gasteiger partial charge in [-0.1, -0.05) is 18.2 Å². The highest BCUT2D eigenvalue weighted by atomic mass is 127. The fraction of sp³-hybridized carbons (Fsp3) is 0.464. The molecule has 0 saturated carbocycles. The van der Waals surface area contributed by atoms with Gasteiger partial charge in [-0.05, 0) is 76.9 Å². The molecule has 1 amide bonds. The number of unbranched alkanes of at least 4 members (excludes halogenated alkanes) is 1. The predicted octanol–water partition coefficient (Wildman–Crippen LogP) is 3.87. The average Bonchev–Trinajstić information content (AvgIpc) is 3.39. The van der Waals surface area contributed by atoms with Gasteiger partial charge in [0.15, 0.2) is 17.3 Å². The maximum Gasteiger partial charge on any atom is 0.288 e. The third-order valence-electron chi connectivity index (χ3n) is 6.93. The molecule has 0 unspecified atom stereocenters. The lowest BCUT2D eigenvalue weighted by Crippen LogP contribution is -2.49. The second-order valence-electron chi connectivity index (χ2n) is 9.53. The Morgan fingerprint density at radius 2 is 1.81 bits per heavy atom. The molecule has 2 aromatic carbocycles. The Labute approximate surface area is 231 Å². The van der Waals surface area contributed by atoms with Crippen LogP contribution in [0.25, 0.3) is 0 Å². The molecular formula is C28H33IN2O6. The van der Waals surface area contributed by atoms with Gasteiger partial charge in [0.25, 0.3) is 5.91 Å². The monoisotopic (exact) mass is 620 g/mol. The molecule has 198 valence electrons. The number of amides is 1. The molecule has 1 N–H and O–H groups in total. The van der Waals surface area contributed by atoms with E-state index in [0.717, 1.165) is 43.1 Å². The van der Waals surface area contributed by atoms with Gasteiger partial charge < -0.3 is 29.0 Å². The number of aliphatic hydroxyl groups excluding tert-OH is 1. The molecule has 5 rings (SSSR count). The van der Waals surface area contributed by atoms with Crippen molar-refractivity contribution in [2.24, 2.45) is 0 Å². The van der Waals surface area contributed by atoms with Gasteiger partial charge in [-0.25, -0.2) is 0 Å². The zero-order chi connectivity index (χ0) is 25.6. The number of nitrogens with zero attached hydrogens (tertiary/aromatic N) is 2. The van der Waals surface area contributed by atoms with E-state index < -0.39 is 6.29 Å². The molecule has 8 nitrogen and oxygen atoms in total. The number of allylic oxidation sites excluding steroid dienone is 1. The van der Waals surface area contributed by atoms with E-state index in [1.807, 2.05) is 23.1 Å². The van der Waals surface area contributed by atoms with Crippen molar-refractivity contribution in [1.82, 2.24) is 9.80 Å². The molecule has 0 spiro atoms. The lowest BCUT2D eigenvalue weighted by molar-refractivity contribution is -0.154. The van der Waals surface area contributed by atoms with E-state index in [9.17, 15) is 4.79 Å². The molecule has 0 bridgehead atoms. The van der Waals surface area contributed by atoms with E-state index in [-0.39, 0.29) is 25.2 Å². The summed E-state index contributed by atoms with van der Waals surface area (Å²) in [5, 5.41) is 9.05. The molecule has 37 heavy (non-hydrogen) atoms. The summed E-state index contributed by atoms with van der Waals surface area (Å²) < 4.78 is 24.1. The number of carbonyl (C=O) groups is 1. The van der Waals surface area contributed by atoms with Gasteiger partial charge in [-0.2, -0.15) is 0 Å². The summed E-state index contributed by atoms with van der Waals surface area (Å²) in [5.74, 6) is 1.91. The second kappa shape index (κ2) is 12.5. The van der Waals surface area contributed by atoms with Crippen molar-refractivity contribution in [3.05, 3.63) is 69.0 Å². The molecule has 3 aliphatic rings. The van der Waals surface area contributed by atoms with Gasteiger partial charge in [0, 0.05) is 55.2 Å². The van der Waals surface area contributed by atoms with E-state index in [1.54, 1.807) is 0 Å². The number of halogens is 1. The maximum absolute atomic E-state index is 13.5. The number of hydrogen-bond acceptors (Lipinski definition) is 7. The van der Waals surface area contributed by atoms with Crippen molar-refractivity contribution < 1.29 is 28.8 Å². The lowest BCUT2D eigenvalue weighted by atomic mass is 9.93. The third kappa shape index (κ3) is 6.76. The van der Waals surface area contributed by atoms with Gasteiger partial charge in [-0.3, -0.25) is 9.69 Å². The number of hydrogen-bond donors (Lipinski definition) is 1. The Morgan fingerprint density at radius 3 is 2.59 bits per heavy atom. The van der Waals surface area contributed by atoms with Crippen LogP contribution >= 0.6 is 22.6 Å². The van der Waals surface area contributed by atoms with Gasteiger partial charge in [-0.15, -0.1) is 0 Å². The number of benzene rings is 2. The van der Waals surface area contributed by atoms with Crippen LogP contribution in [0.15, 0.2) is 54.3 Å². The van der Waals surface area contributed by atoms with E-state index in [0.29, 0.717) is 38.3 Å². The molecule has 1 fully saturated rings. The Bertz CT molecular complexity index is 1100. The Kier molecular flexibility index (Phi) is 8.85. The van der Waals surface area contributed by atoms with E-state index >= 15 is 0 Å². The molecule has 3 aliphatic heterocycles. The summed E-state index contributed by atoms with van der Waals surface area (Å²) in [6.07, 6.45) is 3.56. The quantitative estimate of drug-likeness (QED) is 0.337. The molecule has 2 aromatic rings. The van der Waals surface area contributed by atoms with Crippen LogP contribution in [0.5, 0.6) is 11.5 Å². The molecule has 0 aliphatic carbocycles. The normalized spacial score (nSPS) is 21.5. The van der Waals surface area contributed by atoms with Gasteiger partial charge >= 0.3 is 0 Å². The third-order valence-corrected chi connectivity index (χ3v) is 7.64. The molecular weight excluding hydrogens is 587 g/mol. The lowest BCUT2D eigenvalue weighted by Gasteiger charge is -2.36.